The van der Waals surface area contributed by atoms with Crippen molar-refractivity contribution in [2.24, 2.45) is 11.8 Å². The maximum absolute atomic E-state index is 12.5. The van der Waals surface area contributed by atoms with Crippen molar-refractivity contribution in [3.63, 3.8) is 0 Å². The van der Waals surface area contributed by atoms with Crippen molar-refractivity contribution in [2.45, 2.75) is 56.5 Å². The number of hydrogen-bond acceptors (Lipinski definition) is 4. The molecule has 2 heterocycles. The molecule has 0 amide bonds. The number of ether oxygens (including phenoxy) is 2. The van der Waals surface area contributed by atoms with Crippen LogP contribution in [0.4, 0.5) is 0 Å². The first-order valence-electron chi connectivity index (χ1n) is 8.17. The molecule has 5 heteroatoms. The van der Waals surface area contributed by atoms with E-state index in [0.29, 0.717) is 0 Å². The molecule has 0 aromatic rings. The summed E-state index contributed by atoms with van der Waals surface area (Å²) in [6, 6.07) is 0.236. The molecule has 1 saturated carbocycles. The fraction of sp³-hybridized carbons (Fsp3) is 0.875. The Morgan fingerprint density at radius 1 is 1.00 bits per heavy atom. The van der Waals surface area contributed by atoms with E-state index in [-0.39, 0.29) is 35.4 Å². The van der Waals surface area contributed by atoms with E-state index < -0.39 is 0 Å². The number of hydrogen-bond donors (Lipinski definition) is 1. The predicted octanol–water partition coefficient (Wildman–Crippen LogP) is 0.329. The van der Waals surface area contributed by atoms with Gasteiger partial charge in [-0.1, -0.05) is 6.42 Å². The van der Waals surface area contributed by atoms with Crippen molar-refractivity contribution in [2.75, 3.05) is 20.8 Å². The van der Waals surface area contributed by atoms with Gasteiger partial charge >= 0.3 is 11.9 Å². The summed E-state index contributed by atoms with van der Waals surface area (Å²) < 4.78 is 10.1. The molecule has 0 radical (unpaired) electrons. The van der Waals surface area contributed by atoms with Crippen molar-refractivity contribution >= 4 is 11.9 Å². The van der Waals surface area contributed by atoms with Crippen LogP contribution in [0.25, 0.3) is 0 Å². The lowest BCUT2D eigenvalue weighted by molar-refractivity contribution is -0.954. The van der Waals surface area contributed by atoms with Gasteiger partial charge in [0.15, 0.2) is 0 Å². The molecule has 1 N–H and O–H groups in total. The molecule has 2 aliphatic heterocycles. The summed E-state index contributed by atoms with van der Waals surface area (Å²) in [4.78, 5) is 26.4. The standard InChI is InChI=1S/C16H25NO4/c1-20-14(18)12-11-7-6-10-17(11)16(8-4-3-5-9-16)13(12)15(19)21-2/h11-13H,3-10H2,1-2H3/p+1/t11-,12-,13+/m1/s1. The van der Waals surface area contributed by atoms with Crippen molar-refractivity contribution in [1.82, 2.24) is 0 Å². The van der Waals surface area contributed by atoms with Crippen LogP contribution in [-0.4, -0.2) is 44.3 Å². The largest absolute Gasteiger partial charge is 0.469 e. The topological polar surface area (TPSA) is 57.0 Å². The van der Waals surface area contributed by atoms with Gasteiger partial charge in [0.05, 0.1) is 20.8 Å². The average Bonchev–Trinajstić information content (AvgIpc) is 3.09. The van der Waals surface area contributed by atoms with Crippen molar-refractivity contribution in [1.29, 1.82) is 0 Å². The molecule has 3 fully saturated rings. The van der Waals surface area contributed by atoms with Crippen molar-refractivity contribution in [3.8, 4) is 0 Å². The number of esters is 2. The monoisotopic (exact) mass is 296 g/mol. The van der Waals surface area contributed by atoms with Crippen LogP contribution in [0.1, 0.15) is 44.9 Å². The zero-order valence-corrected chi connectivity index (χ0v) is 13.0. The fourth-order valence-electron chi connectivity index (χ4n) is 5.41. The summed E-state index contributed by atoms with van der Waals surface area (Å²) in [7, 11) is 2.86. The summed E-state index contributed by atoms with van der Waals surface area (Å²) in [6.07, 6.45) is 7.76. The minimum Gasteiger partial charge on any atom is -0.469 e. The quantitative estimate of drug-likeness (QED) is 0.746. The van der Waals surface area contributed by atoms with E-state index in [1.807, 2.05) is 0 Å². The van der Waals surface area contributed by atoms with E-state index in [2.05, 4.69) is 0 Å². The lowest BCUT2D eigenvalue weighted by Crippen LogP contribution is -3.20. The molecular weight excluding hydrogens is 270 g/mol. The molecule has 0 aromatic carbocycles. The number of methoxy groups -OCH3 is 2. The van der Waals surface area contributed by atoms with E-state index in [9.17, 15) is 9.59 Å². The minimum atomic E-state index is -0.324. The van der Waals surface area contributed by atoms with Gasteiger partial charge in [-0.15, -0.1) is 0 Å². The third-order valence-electron chi connectivity index (χ3n) is 6.11. The Bertz CT molecular complexity index is 430. The van der Waals surface area contributed by atoms with Crippen LogP contribution in [0, 0.1) is 11.8 Å². The molecule has 5 nitrogen and oxygen atoms in total. The maximum Gasteiger partial charge on any atom is 0.316 e. The molecule has 3 rings (SSSR count). The second kappa shape index (κ2) is 5.59. The normalized spacial score (nSPS) is 37.2. The molecule has 1 spiro atoms. The van der Waals surface area contributed by atoms with Gasteiger partial charge in [0.25, 0.3) is 0 Å². The minimum absolute atomic E-state index is 0.0919. The van der Waals surface area contributed by atoms with Gasteiger partial charge in [-0.05, 0) is 12.8 Å². The first-order valence-corrected chi connectivity index (χ1v) is 8.17. The van der Waals surface area contributed by atoms with E-state index >= 15 is 0 Å². The van der Waals surface area contributed by atoms with Gasteiger partial charge in [-0.2, -0.15) is 0 Å². The molecule has 4 atom stereocenters. The average molecular weight is 296 g/mol. The zero-order valence-electron chi connectivity index (χ0n) is 13.0. The highest BCUT2D eigenvalue weighted by atomic mass is 16.5. The highest BCUT2D eigenvalue weighted by Gasteiger charge is 2.68. The highest BCUT2D eigenvalue weighted by molar-refractivity contribution is 5.84. The Labute approximate surface area is 126 Å². The van der Waals surface area contributed by atoms with Gasteiger partial charge in [-0.3, -0.25) is 9.59 Å². The summed E-state index contributed by atoms with van der Waals surface area (Å²) in [5.74, 6) is -1.08. The highest BCUT2D eigenvalue weighted by Crippen LogP contribution is 2.44. The zero-order chi connectivity index (χ0) is 15.0. The molecule has 118 valence electrons. The van der Waals surface area contributed by atoms with Crippen LogP contribution in [0.2, 0.25) is 0 Å². The Hall–Kier alpha value is -1.10. The molecule has 1 aliphatic carbocycles. The number of carbonyl (C=O) groups excluding carboxylic acids is 2. The number of fused-ring (bicyclic) bond motifs is 2. The van der Waals surface area contributed by atoms with Gasteiger partial charge in [0, 0.05) is 25.7 Å². The Morgan fingerprint density at radius 3 is 2.29 bits per heavy atom. The number of carbonyl (C=O) groups is 2. The van der Waals surface area contributed by atoms with E-state index in [1.165, 1.54) is 25.5 Å². The molecular formula is C16H26NO4+. The van der Waals surface area contributed by atoms with Crippen LogP contribution >= 0.6 is 0 Å². The Balaban J connectivity index is 2.03. The number of rotatable bonds is 2. The Kier molecular flexibility index (Phi) is 3.95. The van der Waals surface area contributed by atoms with Crippen LogP contribution in [-0.2, 0) is 19.1 Å². The lowest BCUT2D eigenvalue weighted by Gasteiger charge is -2.40. The lowest BCUT2D eigenvalue weighted by atomic mass is 9.70. The maximum atomic E-state index is 12.5. The third-order valence-corrected chi connectivity index (χ3v) is 6.11. The van der Waals surface area contributed by atoms with Crippen molar-refractivity contribution in [3.05, 3.63) is 0 Å². The molecule has 2 saturated heterocycles. The summed E-state index contributed by atoms with van der Waals surface area (Å²) >= 11 is 0. The smallest absolute Gasteiger partial charge is 0.316 e. The third kappa shape index (κ3) is 2.08. The van der Waals surface area contributed by atoms with Crippen molar-refractivity contribution < 1.29 is 24.0 Å². The van der Waals surface area contributed by atoms with Crippen LogP contribution in [0.3, 0.4) is 0 Å². The van der Waals surface area contributed by atoms with Crippen LogP contribution < -0.4 is 4.90 Å². The van der Waals surface area contributed by atoms with Gasteiger partial charge in [0.2, 0.25) is 0 Å². The molecule has 0 aromatic heterocycles. The molecule has 3 aliphatic rings. The number of quaternary nitrogens is 1. The summed E-state index contributed by atoms with van der Waals surface area (Å²) in [5, 5.41) is 0. The van der Waals surface area contributed by atoms with E-state index in [4.69, 9.17) is 9.47 Å². The van der Waals surface area contributed by atoms with E-state index in [1.54, 1.807) is 0 Å². The fourth-order valence-corrected chi connectivity index (χ4v) is 5.41. The molecule has 21 heavy (non-hydrogen) atoms. The second-order valence-electron chi connectivity index (χ2n) is 6.79. The summed E-state index contributed by atoms with van der Waals surface area (Å²) in [6.45, 7) is 1.08. The van der Waals surface area contributed by atoms with Gasteiger partial charge < -0.3 is 14.4 Å². The molecule has 1 unspecified atom stereocenters. The van der Waals surface area contributed by atoms with Gasteiger partial charge in [-0.25, -0.2) is 0 Å². The summed E-state index contributed by atoms with van der Waals surface area (Å²) in [5.41, 5.74) is -0.0919. The predicted molar refractivity (Wildman–Crippen MR) is 75.7 cm³/mol. The van der Waals surface area contributed by atoms with Crippen LogP contribution in [0.15, 0.2) is 0 Å². The molecule has 0 bridgehead atoms. The van der Waals surface area contributed by atoms with Gasteiger partial charge in [0.1, 0.15) is 23.4 Å². The first kappa shape index (κ1) is 14.8. The first-order chi connectivity index (χ1) is 10.2. The SMILES string of the molecule is COC(=O)[C@@H]1[C@H]2CCC[NH+]2C2(CCCCC2)[C@@H]1C(=O)OC. The Morgan fingerprint density at radius 2 is 1.67 bits per heavy atom. The van der Waals surface area contributed by atoms with E-state index in [0.717, 1.165) is 45.1 Å². The van der Waals surface area contributed by atoms with Crippen LogP contribution in [0.5, 0.6) is 0 Å². The second-order valence-corrected chi connectivity index (χ2v) is 6.79. The number of nitrogens with one attached hydrogen (secondary N) is 1.